The van der Waals surface area contributed by atoms with E-state index >= 15 is 0 Å². The molecule has 0 spiro atoms. The number of nitrogens with one attached hydrogen (secondary N) is 1. The lowest BCUT2D eigenvalue weighted by atomic mass is 10.0. The summed E-state index contributed by atoms with van der Waals surface area (Å²) in [5, 5.41) is 35.8. The highest BCUT2D eigenvalue weighted by Gasteiger charge is 2.55. The van der Waals surface area contributed by atoms with Gasteiger partial charge in [0.15, 0.2) is 45.9 Å². The molecule has 4 aromatic rings. The third kappa shape index (κ3) is 9.53. The number of carbonyl (C=O) groups excluding carboxylic acids is 5. The number of rotatable bonds is 13. The third-order valence-corrected chi connectivity index (χ3v) is 11.4. The number of carboxylic acids is 1. The summed E-state index contributed by atoms with van der Waals surface area (Å²) in [5.74, 6) is -5.98. The molecule has 2 amide bonds. The van der Waals surface area contributed by atoms with Crippen molar-refractivity contribution in [1.82, 2.24) is 10.2 Å². The van der Waals surface area contributed by atoms with E-state index in [1.807, 2.05) is 12.1 Å². The lowest BCUT2D eigenvalue weighted by molar-refractivity contribution is -0.894. The number of quaternary nitrogens is 1. The largest absolute Gasteiger partial charge is 1.00 e. The van der Waals surface area contributed by atoms with Crippen LogP contribution in [0.25, 0.3) is 0 Å². The maximum absolute atomic E-state index is 13.9. The van der Waals surface area contributed by atoms with Crippen molar-refractivity contribution in [3.63, 3.8) is 0 Å². The Labute approximate surface area is 375 Å². The van der Waals surface area contributed by atoms with Crippen molar-refractivity contribution in [2.75, 3.05) is 7.05 Å². The van der Waals surface area contributed by atoms with Gasteiger partial charge in [0, 0.05) is 30.5 Å². The molecule has 0 radical (unpaired) electrons. The topological polar surface area (TPSA) is 228 Å². The van der Waals surface area contributed by atoms with Crippen LogP contribution in [0.15, 0.2) is 108 Å². The summed E-state index contributed by atoms with van der Waals surface area (Å²) in [7, 11) is 1.72. The predicted molar refractivity (Wildman–Crippen MR) is 215 cm³/mol. The number of benzene rings is 4. The molecule has 4 N–H and O–H groups in total. The van der Waals surface area contributed by atoms with Crippen molar-refractivity contribution >= 4 is 53.7 Å². The fourth-order valence-electron chi connectivity index (χ4n) is 7.48. The van der Waals surface area contributed by atoms with Crippen LogP contribution < -0.4 is 38.8 Å². The highest BCUT2D eigenvalue weighted by molar-refractivity contribution is 8.00. The van der Waals surface area contributed by atoms with E-state index in [0.717, 1.165) is 30.1 Å². The molecule has 3 atom stereocenters. The number of carboxylic acid groups (broad SMARTS) is 1. The Bertz CT molecular complexity index is 2420. The zero-order chi connectivity index (χ0) is 43.6. The zero-order valence-electron chi connectivity index (χ0n) is 33.2. The number of β-lactam (4-membered cyclic amide) rings is 1. The Balaban J connectivity index is 0.00000641. The maximum atomic E-state index is 13.9. The van der Waals surface area contributed by atoms with E-state index in [1.54, 1.807) is 55.6 Å². The quantitative estimate of drug-likeness (QED) is 0.0218. The Morgan fingerprint density at radius 1 is 0.839 bits per heavy atom. The summed E-state index contributed by atoms with van der Waals surface area (Å²) >= 11 is 1.15. The summed E-state index contributed by atoms with van der Waals surface area (Å²) in [6, 6.07) is 24.5. The molecule has 322 valence electrons. The van der Waals surface area contributed by atoms with E-state index in [4.69, 9.17) is 19.0 Å². The summed E-state index contributed by atoms with van der Waals surface area (Å²) < 4.78 is 16.5. The second kappa shape index (κ2) is 18.7. The number of carbonyl (C=O) groups is 6. The van der Waals surface area contributed by atoms with E-state index in [1.165, 1.54) is 36.9 Å². The minimum Gasteiger partial charge on any atom is -1.00 e. The first-order chi connectivity index (χ1) is 29.1. The monoisotopic (exact) mass is 978 g/mol. The highest BCUT2D eigenvalue weighted by atomic mass is 127. The number of esters is 3. The van der Waals surface area contributed by atoms with Gasteiger partial charge in [0.1, 0.15) is 19.3 Å². The number of likely N-dealkylation sites (N-methyl/N-ethyl adjacent to an activating group) is 1. The molecular formula is C43H39IN4O13S. The van der Waals surface area contributed by atoms with Gasteiger partial charge < -0.3 is 63.7 Å². The van der Waals surface area contributed by atoms with Crippen molar-refractivity contribution in [3.8, 4) is 23.0 Å². The first-order valence-electron chi connectivity index (χ1n) is 18.8. The Kier molecular flexibility index (Phi) is 13.6. The normalized spacial score (nSPS) is 17.8. The number of halogens is 1. The highest BCUT2D eigenvalue weighted by Crippen LogP contribution is 2.49. The number of hydrogen-bond donors (Lipinski definition) is 4. The van der Waals surface area contributed by atoms with Crippen molar-refractivity contribution in [1.29, 1.82) is 0 Å². The number of oxime groups is 1. The van der Waals surface area contributed by atoms with Crippen LogP contribution >= 0.6 is 11.8 Å². The van der Waals surface area contributed by atoms with Crippen LogP contribution in [0.2, 0.25) is 0 Å². The smallest absolute Gasteiger partial charge is 0.358 e. The first kappa shape index (κ1) is 45.1. The van der Waals surface area contributed by atoms with Crippen molar-refractivity contribution in [2.24, 2.45) is 5.16 Å². The Morgan fingerprint density at radius 3 is 1.90 bits per heavy atom. The van der Waals surface area contributed by atoms with Gasteiger partial charge in [-0.25, -0.2) is 9.59 Å². The lowest BCUT2D eigenvalue weighted by Crippen LogP contribution is -3.00. The fraction of sp³-hybridized carbons (Fsp3) is 0.233. The van der Waals surface area contributed by atoms with Crippen molar-refractivity contribution in [3.05, 3.63) is 130 Å². The van der Waals surface area contributed by atoms with Gasteiger partial charge in [0.25, 0.3) is 5.91 Å². The number of fused-ring (bicyclic) bond motifs is 2. The number of hydrogen-bond acceptors (Lipinski definition) is 14. The molecule has 1 fully saturated rings. The van der Waals surface area contributed by atoms with Crippen LogP contribution in [0.4, 0.5) is 0 Å². The van der Waals surface area contributed by atoms with E-state index < -0.39 is 70.1 Å². The van der Waals surface area contributed by atoms with Gasteiger partial charge in [0.2, 0.25) is 12.0 Å². The Hall–Kier alpha value is -6.45. The minimum absolute atomic E-state index is 0. The molecule has 0 saturated carbocycles. The molecule has 7 rings (SSSR count). The van der Waals surface area contributed by atoms with Gasteiger partial charge in [-0.15, -0.1) is 11.8 Å². The van der Waals surface area contributed by atoms with Crippen LogP contribution in [0.5, 0.6) is 23.0 Å². The number of amides is 2. The molecule has 3 aliphatic rings. The number of phenols is 2. The van der Waals surface area contributed by atoms with Crippen LogP contribution in [-0.2, 0) is 51.4 Å². The van der Waals surface area contributed by atoms with Crippen LogP contribution in [0, 0.1) is 0 Å². The molecule has 0 bridgehead atoms. The maximum Gasteiger partial charge on any atom is 0.358 e. The Morgan fingerprint density at radius 2 is 1.40 bits per heavy atom. The van der Waals surface area contributed by atoms with E-state index in [0.29, 0.717) is 22.3 Å². The number of thioether (sulfide) groups is 1. The molecule has 62 heavy (non-hydrogen) atoms. The van der Waals surface area contributed by atoms with E-state index in [9.17, 15) is 44.1 Å². The number of ether oxygens (including phenoxy) is 3. The summed E-state index contributed by atoms with van der Waals surface area (Å²) in [5.41, 5.74) is 2.44. The minimum atomic E-state index is -1.65. The van der Waals surface area contributed by atoms with Gasteiger partial charge in [-0.2, -0.15) is 0 Å². The summed E-state index contributed by atoms with van der Waals surface area (Å²) in [4.78, 5) is 84.0. The number of nitrogens with zero attached hydrogens (tertiary/aromatic N) is 3. The lowest BCUT2D eigenvalue weighted by Gasteiger charge is -2.48. The molecule has 0 aromatic heterocycles. The summed E-state index contributed by atoms with van der Waals surface area (Å²) in [6.07, 6.45) is -1.77. The van der Waals surface area contributed by atoms with Crippen molar-refractivity contribution in [2.45, 2.75) is 56.3 Å². The zero-order valence-corrected chi connectivity index (χ0v) is 36.2. The standard InChI is InChI=1S/C43H38N4O13S.HI/c1-23(48)57-32-17-28-21-47(3,22-29(28)18-33(32)58-24(2)49)38-37(42(54)55)46-35(53)19-36(46)61-41(38)45-34(52)20-44-60-40(27-14-15-30(50)31(51)16-27)43(56)59-39(25-10-6-4-7-11-25)26-12-8-5-9-13-26;/h4-18,20,36,39-41H,19,21-22H2,1-3H3,(H3-,44,45,50,51,52,54,55);1H/t36-,40?,41?;/m1./s1. The number of aromatic hydroxyl groups is 2. The van der Waals surface area contributed by atoms with Gasteiger partial charge >= 0.3 is 23.9 Å². The SMILES string of the molecule is CC(=O)Oc1cc2c(cc1OC(C)=O)C[N+](C)(C1=C(C(=O)O)N3C(=O)C[C@H]3SC1NC(=O)/C=N\OC(C(=O)OC(c1ccccc1)c1ccccc1)c1ccc(O)c(O)c1)C2.[I-]. The molecule has 2 unspecified atom stereocenters. The van der Waals surface area contributed by atoms with Gasteiger partial charge in [-0.1, -0.05) is 71.9 Å². The molecule has 17 nitrogen and oxygen atoms in total. The molecule has 4 aromatic carbocycles. The molecule has 19 heteroatoms. The number of aliphatic carboxylic acids is 1. The van der Waals surface area contributed by atoms with Gasteiger partial charge in [-0.3, -0.25) is 28.6 Å². The van der Waals surface area contributed by atoms with Crippen LogP contribution in [-0.4, -0.2) is 84.4 Å². The second-order valence-electron chi connectivity index (χ2n) is 14.6. The predicted octanol–water partition coefficient (Wildman–Crippen LogP) is 1.53. The average Bonchev–Trinajstić information content (AvgIpc) is 3.54. The molecule has 1 saturated heterocycles. The molecule has 3 heterocycles. The van der Waals surface area contributed by atoms with Gasteiger partial charge in [-0.05, 0) is 35.4 Å². The molecular weight excluding hydrogens is 939 g/mol. The molecule has 3 aliphatic heterocycles. The molecule has 0 aliphatic carbocycles. The van der Waals surface area contributed by atoms with Crippen LogP contribution in [0.1, 0.15) is 60.3 Å². The third-order valence-electron chi connectivity index (χ3n) is 10.1. The fourth-order valence-corrected chi connectivity index (χ4v) is 9.06. The summed E-state index contributed by atoms with van der Waals surface area (Å²) in [6.45, 7) is 2.63. The van der Waals surface area contributed by atoms with Crippen LogP contribution in [0.3, 0.4) is 0 Å². The van der Waals surface area contributed by atoms with E-state index in [-0.39, 0.29) is 76.4 Å². The van der Waals surface area contributed by atoms with E-state index in [2.05, 4.69) is 10.5 Å². The first-order valence-corrected chi connectivity index (χ1v) is 19.7. The number of phenolic OH excluding ortho intramolecular Hbond substituents is 2. The van der Waals surface area contributed by atoms with Gasteiger partial charge in [0.05, 0.1) is 18.8 Å². The second-order valence-corrected chi connectivity index (χ2v) is 15.8. The van der Waals surface area contributed by atoms with Crippen molar-refractivity contribution < 1.29 is 91.6 Å². The average molecular weight is 979 g/mol.